The summed E-state index contributed by atoms with van der Waals surface area (Å²) in [6.45, 7) is 3.33. The summed E-state index contributed by atoms with van der Waals surface area (Å²) in [5.41, 5.74) is 2.18. The van der Waals surface area contributed by atoms with Gasteiger partial charge in [0.2, 0.25) is 0 Å². The quantitative estimate of drug-likeness (QED) is 0.791. The summed E-state index contributed by atoms with van der Waals surface area (Å²) in [6.07, 6.45) is 4.79. The number of fused-ring (bicyclic) bond motifs is 2. The number of pyridine rings is 1. The SMILES string of the molecule is COCC(C)N1CNc2cnc(-c3cnc4ccc(F)cn34)nc21. The van der Waals surface area contributed by atoms with Crippen LogP contribution in [0.5, 0.6) is 0 Å². The van der Waals surface area contributed by atoms with Gasteiger partial charge in [-0.15, -0.1) is 0 Å². The Bertz CT molecular complexity index is 895. The summed E-state index contributed by atoms with van der Waals surface area (Å²) in [5.74, 6) is 0.987. The Hall–Kier alpha value is -2.74. The summed E-state index contributed by atoms with van der Waals surface area (Å²) in [6, 6.07) is 3.18. The number of nitrogens with one attached hydrogen (secondary N) is 1. The van der Waals surface area contributed by atoms with Crippen LogP contribution in [0.25, 0.3) is 17.2 Å². The number of anilines is 2. The number of rotatable bonds is 4. The molecule has 0 fully saturated rings. The van der Waals surface area contributed by atoms with Gasteiger partial charge in [0.25, 0.3) is 0 Å². The zero-order valence-corrected chi connectivity index (χ0v) is 13.4. The standard InChI is InChI=1S/C16H17FN6O/c1-10(8-24-2)23-9-20-12-5-19-15(21-16(12)23)13-6-18-14-4-3-11(17)7-22(13)14/h3-7,10,20H,8-9H2,1-2H3. The van der Waals surface area contributed by atoms with Crippen LogP contribution in [-0.4, -0.2) is 45.8 Å². The molecule has 8 heteroatoms. The minimum Gasteiger partial charge on any atom is -0.383 e. The van der Waals surface area contributed by atoms with Crippen LogP contribution in [0.1, 0.15) is 6.92 Å². The lowest BCUT2D eigenvalue weighted by atomic mass is 10.3. The van der Waals surface area contributed by atoms with Gasteiger partial charge in [0.15, 0.2) is 11.6 Å². The Kier molecular flexibility index (Phi) is 3.53. The van der Waals surface area contributed by atoms with Gasteiger partial charge in [-0.2, -0.15) is 0 Å². The van der Waals surface area contributed by atoms with E-state index in [9.17, 15) is 4.39 Å². The van der Waals surface area contributed by atoms with E-state index in [0.717, 1.165) is 11.5 Å². The van der Waals surface area contributed by atoms with Crippen molar-refractivity contribution in [2.75, 3.05) is 30.6 Å². The van der Waals surface area contributed by atoms with Gasteiger partial charge in [-0.3, -0.25) is 4.40 Å². The van der Waals surface area contributed by atoms with Crippen molar-refractivity contribution < 1.29 is 9.13 Å². The molecule has 1 N–H and O–H groups in total. The molecule has 1 aliphatic heterocycles. The van der Waals surface area contributed by atoms with Gasteiger partial charge in [-0.05, 0) is 19.1 Å². The van der Waals surface area contributed by atoms with Crippen LogP contribution in [0, 0.1) is 5.82 Å². The first-order chi connectivity index (χ1) is 11.7. The zero-order chi connectivity index (χ0) is 16.7. The number of methoxy groups -OCH3 is 1. The summed E-state index contributed by atoms with van der Waals surface area (Å²) >= 11 is 0. The van der Waals surface area contributed by atoms with Gasteiger partial charge >= 0.3 is 0 Å². The van der Waals surface area contributed by atoms with Gasteiger partial charge in [0, 0.05) is 13.3 Å². The molecule has 0 aromatic carbocycles. The van der Waals surface area contributed by atoms with Crippen LogP contribution >= 0.6 is 0 Å². The normalized spacial score (nSPS) is 14.7. The Morgan fingerprint density at radius 3 is 3.04 bits per heavy atom. The maximum atomic E-state index is 13.6. The fourth-order valence-electron chi connectivity index (χ4n) is 2.90. The first-order valence-electron chi connectivity index (χ1n) is 7.67. The molecule has 0 saturated heterocycles. The highest BCUT2D eigenvalue weighted by atomic mass is 19.1. The zero-order valence-electron chi connectivity index (χ0n) is 13.4. The summed E-state index contributed by atoms with van der Waals surface area (Å²) in [7, 11) is 1.68. The second-order valence-electron chi connectivity index (χ2n) is 5.76. The number of ether oxygens (including phenoxy) is 1. The predicted molar refractivity (Wildman–Crippen MR) is 88.5 cm³/mol. The van der Waals surface area contributed by atoms with Crippen molar-refractivity contribution in [2.24, 2.45) is 0 Å². The maximum Gasteiger partial charge on any atom is 0.180 e. The topological polar surface area (TPSA) is 67.6 Å². The molecule has 24 heavy (non-hydrogen) atoms. The molecule has 1 aliphatic rings. The minimum absolute atomic E-state index is 0.172. The van der Waals surface area contributed by atoms with E-state index < -0.39 is 0 Å². The number of imidazole rings is 1. The third kappa shape index (κ3) is 2.35. The average Bonchev–Trinajstić information content (AvgIpc) is 3.17. The molecular weight excluding hydrogens is 311 g/mol. The average molecular weight is 328 g/mol. The smallest absolute Gasteiger partial charge is 0.180 e. The number of hydrogen-bond acceptors (Lipinski definition) is 6. The molecule has 1 atom stereocenters. The summed E-state index contributed by atoms with van der Waals surface area (Å²) < 4.78 is 20.5. The van der Waals surface area contributed by atoms with E-state index in [1.165, 1.54) is 12.3 Å². The van der Waals surface area contributed by atoms with E-state index in [4.69, 9.17) is 4.74 Å². The Labute approximate surface area is 138 Å². The maximum absolute atomic E-state index is 13.6. The second kappa shape index (κ2) is 5.72. The fourth-order valence-corrected chi connectivity index (χ4v) is 2.90. The Morgan fingerprint density at radius 1 is 1.33 bits per heavy atom. The van der Waals surface area contributed by atoms with Crippen molar-refractivity contribution in [1.82, 2.24) is 19.4 Å². The van der Waals surface area contributed by atoms with E-state index >= 15 is 0 Å². The lowest BCUT2D eigenvalue weighted by Gasteiger charge is -2.24. The summed E-state index contributed by atoms with van der Waals surface area (Å²) in [5, 5.41) is 3.27. The van der Waals surface area contributed by atoms with Crippen LogP contribution in [-0.2, 0) is 4.74 Å². The first-order valence-corrected chi connectivity index (χ1v) is 7.67. The fraction of sp³-hybridized carbons (Fsp3) is 0.312. The number of hydrogen-bond donors (Lipinski definition) is 1. The van der Waals surface area contributed by atoms with Crippen LogP contribution in [0.3, 0.4) is 0 Å². The second-order valence-corrected chi connectivity index (χ2v) is 5.76. The van der Waals surface area contributed by atoms with Gasteiger partial charge in [-0.1, -0.05) is 0 Å². The number of aromatic nitrogens is 4. The molecule has 0 spiro atoms. The highest BCUT2D eigenvalue weighted by molar-refractivity contribution is 5.73. The molecule has 0 bridgehead atoms. The van der Waals surface area contributed by atoms with Crippen LogP contribution < -0.4 is 10.2 Å². The third-order valence-electron chi connectivity index (χ3n) is 4.12. The molecule has 0 saturated carbocycles. The van der Waals surface area contributed by atoms with Crippen molar-refractivity contribution in [3.05, 3.63) is 36.5 Å². The molecule has 4 heterocycles. The van der Waals surface area contributed by atoms with Crippen LogP contribution in [0.4, 0.5) is 15.9 Å². The lowest BCUT2D eigenvalue weighted by Crippen LogP contribution is -2.36. The molecule has 3 aromatic heterocycles. The van der Waals surface area contributed by atoms with Gasteiger partial charge in [0.1, 0.15) is 17.2 Å². The van der Waals surface area contributed by atoms with Gasteiger partial charge in [0.05, 0.1) is 37.4 Å². The largest absolute Gasteiger partial charge is 0.383 e. The van der Waals surface area contributed by atoms with Crippen molar-refractivity contribution in [1.29, 1.82) is 0 Å². The van der Waals surface area contributed by atoms with E-state index in [-0.39, 0.29) is 11.9 Å². The van der Waals surface area contributed by atoms with E-state index in [0.29, 0.717) is 30.4 Å². The lowest BCUT2D eigenvalue weighted by molar-refractivity contribution is 0.182. The monoisotopic (exact) mass is 328 g/mol. The molecular formula is C16H17FN6O. The highest BCUT2D eigenvalue weighted by Crippen LogP contribution is 2.32. The molecule has 3 aromatic rings. The van der Waals surface area contributed by atoms with Crippen molar-refractivity contribution >= 4 is 17.2 Å². The third-order valence-corrected chi connectivity index (χ3v) is 4.12. The van der Waals surface area contributed by atoms with Crippen LogP contribution in [0.15, 0.2) is 30.7 Å². The molecule has 0 radical (unpaired) electrons. The van der Waals surface area contributed by atoms with Crippen LogP contribution in [0.2, 0.25) is 0 Å². The summed E-state index contributed by atoms with van der Waals surface area (Å²) in [4.78, 5) is 15.5. The van der Waals surface area contributed by atoms with Gasteiger partial charge < -0.3 is 15.0 Å². The highest BCUT2D eigenvalue weighted by Gasteiger charge is 2.26. The molecule has 0 amide bonds. The van der Waals surface area contributed by atoms with Crippen molar-refractivity contribution in [3.8, 4) is 11.5 Å². The molecule has 0 aliphatic carbocycles. The number of halogens is 1. The molecule has 124 valence electrons. The Morgan fingerprint density at radius 2 is 2.21 bits per heavy atom. The van der Waals surface area contributed by atoms with E-state index in [1.807, 2.05) is 0 Å². The van der Waals surface area contributed by atoms with Crippen molar-refractivity contribution in [3.63, 3.8) is 0 Å². The van der Waals surface area contributed by atoms with Gasteiger partial charge in [-0.25, -0.2) is 19.3 Å². The first kappa shape index (κ1) is 14.8. The molecule has 4 rings (SSSR count). The molecule has 1 unspecified atom stereocenters. The van der Waals surface area contributed by atoms with E-state index in [2.05, 4.69) is 32.1 Å². The predicted octanol–water partition coefficient (Wildman–Crippen LogP) is 2.15. The van der Waals surface area contributed by atoms with E-state index in [1.54, 1.807) is 30.0 Å². The molecule has 7 nitrogen and oxygen atoms in total. The Balaban J connectivity index is 1.77. The van der Waals surface area contributed by atoms with Crippen molar-refractivity contribution in [2.45, 2.75) is 13.0 Å². The number of nitrogens with zero attached hydrogens (tertiary/aromatic N) is 5. The minimum atomic E-state index is -0.333.